The first kappa shape index (κ1) is 29.8. The number of nitrogens with zero attached hydrogens (tertiary/aromatic N) is 3. The second-order valence-electron chi connectivity index (χ2n) is 9.65. The van der Waals surface area contributed by atoms with Crippen LogP contribution < -0.4 is 14.4 Å². The average Bonchev–Trinajstić information content (AvgIpc) is 3.25. The molecule has 2 aliphatic rings. The molecule has 3 aromatic rings. The van der Waals surface area contributed by atoms with Crippen molar-refractivity contribution in [2.45, 2.75) is 13.5 Å². The van der Waals surface area contributed by atoms with Crippen molar-refractivity contribution in [3.63, 3.8) is 0 Å². The number of piperazine rings is 1. The minimum Gasteiger partial charge on any atom is -0.490 e. The largest absolute Gasteiger partial charge is 0.490 e. The van der Waals surface area contributed by atoms with E-state index in [0.717, 1.165) is 27.9 Å². The van der Waals surface area contributed by atoms with Crippen LogP contribution in [0.1, 0.15) is 18.1 Å². The standard InChI is InChI=1S/C31H29Cl2N3O5S/c1-2-40-26-17-22(16-25(33)29(26)41-20-21-8-10-23(32)11-9-21)18-27-30(38)36(31(39)42-27)19-28(37)35-14-12-34(13-15-35)24-6-4-3-5-7-24/h3-11,16-18H,2,12-15,19-20H2,1H3/b27-18+. The van der Waals surface area contributed by atoms with Crippen molar-refractivity contribution in [3.8, 4) is 11.5 Å². The van der Waals surface area contributed by atoms with Gasteiger partial charge in [0.1, 0.15) is 13.2 Å². The van der Waals surface area contributed by atoms with E-state index in [1.54, 1.807) is 35.2 Å². The molecule has 2 heterocycles. The first-order chi connectivity index (χ1) is 20.3. The van der Waals surface area contributed by atoms with Crippen LogP contribution in [0.2, 0.25) is 10.0 Å². The lowest BCUT2D eigenvalue weighted by Crippen LogP contribution is -2.51. The Kier molecular flexibility index (Phi) is 9.62. The number of imide groups is 1. The van der Waals surface area contributed by atoms with Gasteiger partial charge in [-0.25, -0.2) is 0 Å². The number of hydrogen-bond acceptors (Lipinski definition) is 7. The van der Waals surface area contributed by atoms with Crippen LogP contribution in [-0.2, 0) is 16.2 Å². The number of benzene rings is 3. The van der Waals surface area contributed by atoms with Crippen LogP contribution in [0.15, 0.2) is 71.6 Å². The summed E-state index contributed by atoms with van der Waals surface area (Å²) >= 11 is 13.3. The minimum atomic E-state index is -0.515. The van der Waals surface area contributed by atoms with E-state index >= 15 is 0 Å². The van der Waals surface area contributed by atoms with Crippen molar-refractivity contribution in [1.82, 2.24) is 9.80 Å². The first-order valence-electron chi connectivity index (χ1n) is 13.5. The smallest absolute Gasteiger partial charge is 0.294 e. The van der Waals surface area contributed by atoms with Gasteiger partial charge in [-0.15, -0.1) is 0 Å². The van der Waals surface area contributed by atoms with Crippen molar-refractivity contribution in [2.24, 2.45) is 0 Å². The number of para-hydroxylation sites is 1. The molecule has 5 rings (SSSR count). The van der Waals surface area contributed by atoms with E-state index in [0.29, 0.717) is 59.9 Å². The van der Waals surface area contributed by atoms with Crippen molar-refractivity contribution < 1.29 is 23.9 Å². The average molecular weight is 627 g/mol. The van der Waals surface area contributed by atoms with E-state index < -0.39 is 11.1 Å². The SMILES string of the molecule is CCOc1cc(/C=C2/SC(=O)N(CC(=O)N3CCN(c4ccccc4)CC3)C2=O)cc(Cl)c1OCc1ccc(Cl)cc1. The summed E-state index contributed by atoms with van der Waals surface area (Å²) in [6.07, 6.45) is 1.57. The topological polar surface area (TPSA) is 79.4 Å². The Morgan fingerprint density at radius 1 is 0.952 bits per heavy atom. The van der Waals surface area contributed by atoms with E-state index in [9.17, 15) is 14.4 Å². The van der Waals surface area contributed by atoms with Crippen LogP contribution in [0.25, 0.3) is 6.08 Å². The number of amides is 3. The first-order valence-corrected chi connectivity index (χ1v) is 15.1. The quantitative estimate of drug-likeness (QED) is 0.256. The van der Waals surface area contributed by atoms with Gasteiger partial charge in [0.15, 0.2) is 11.5 Å². The van der Waals surface area contributed by atoms with Gasteiger partial charge >= 0.3 is 0 Å². The normalized spacial score (nSPS) is 16.4. The highest BCUT2D eigenvalue weighted by molar-refractivity contribution is 8.18. The molecule has 0 N–H and O–H groups in total. The predicted octanol–water partition coefficient (Wildman–Crippen LogP) is 6.36. The molecule has 2 fully saturated rings. The summed E-state index contributed by atoms with van der Waals surface area (Å²) in [5, 5.41) is 0.443. The molecule has 42 heavy (non-hydrogen) atoms. The monoisotopic (exact) mass is 625 g/mol. The maximum atomic E-state index is 13.2. The molecule has 0 bridgehead atoms. The van der Waals surface area contributed by atoms with E-state index in [-0.39, 0.29) is 24.0 Å². The molecule has 2 aliphatic heterocycles. The highest BCUT2D eigenvalue weighted by Gasteiger charge is 2.37. The molecule has 0 aliphatic carbocycles. The van der Waals surface area contributed by atoms with Gasteiger partial charge in [-0.05, 0) is 72.3 Å². The Morgan fingerprint density at radius 2 is 1.67 bits per heavy atom. The van der Waals surface area contributed by atoms with Crippen molar-refractivity contribution in [1.29, 1.82) is 0 Å². The van der Waals surface area contributed by atoms with Crippen LogP contribution in [0, 0.1) is 0 Å². The summed E-state index contributed by atoms with van der Waals surface area (Å²) < 4.78 is 11.7. The highest BCUT2D eigenvalue weighted by Crippen LogP contribution is 2.39. The lowest BCUT2D eigenvalue weighted by molar-refractivity contribution is -0.136. The molecule has 218 valence electrons. The van der Waals surface area contributed by atoms with Gasteiger partial charge in [0.25, 0.3) is 11.1 Å². The lowest BCUT2D eigenvalue weighted by Gasteiger charge is -2.36. The molecule has 2 saturated heterocycles. The molecule has 11 heteroatoms. The number of carbonyl (C=O) groups is 3. The molecular formula is C31H29Cl2N3O5S. The second kappa shape index (κ2) is 13.5. The summed E-state index contributed by atoms with van der Waals surface area (Å²) in [5.41, 5.74) is 2.58. The number of hydrogen-bond donors (Lipinski definition) is 0. The van der Waals surface area contributed by atoms with E-state index in [4.69, 9.17) is 32.7 Å². The maximum absolute atomic E-state index is 13.2. The van der Waals surface area contributed by atoms with Crippen LogP contribution in [-0.4, -0.2) is 66.2 Å². The second-order valence-corrected chi connectivity index (χ2v) is 11.5. The summed E-state index contributed by atoms with van der Waals surface area (Å²) in [5.74, 6) is 0.0134. The van der Waals surface area contributed by atoms with Crippen LogP contribution in [0.5, 0.6) is 11.5 Å². The molecule has 3 amide bonds. The van der Waals surface area contributed by atoms with Gasteiger partial charge < -0.3 is 19.3 Å². The Balaban J connectivity index is 1.24. The summed E-state index contributed by atoms with van der Waals surface area (Å²) in [6, 6.07) is 20.6. The van der Waals surface area contributed by atoms with Gasteiger partial charge in [-0.1, -0.05) is 53.5 Å². The Hall–Kier alpha value is -3.66. The number of carbonyl (C=O) groups excluding carboxylic acids is 3. The van der Waals surface area contributed by atoms with Crippen LogP contribution >= 0.6 is 35.0 Å². The Bertz CT molecular complexity index is 1490. The molecule has 3 aromatic carbocycles. The lowest BCUT2D eigenvalue weighted by atomic mass is 10.1. The number of thioether (sulfide) groups is 1. The predicted molar refractivity (Wildman–Crippen MR) is 166 cm³/mol. The molecule has 0 radical (unpaired) electrons. The number of anilines is 1. The summed E-state index contributed by atoms with van der Waals surface area (Å²) in [7, 11) is 0. The van der Waals surface area contributed by atoms with E-state index in [2.05, 4.69) is 4.90 Å². The van der Waals surface area contributed by atoms with E-state index in [1.165, 1.54) is 0 Å². The fraction of sp³-hybridized carbons (Fsp3) is 0.258. The van der Waals surface area contributed by atoms with Gasteiger partial charge in [-0.3, -0.25) is 19.3 Å². The fourth-order valence-corrected chi connectivity index (χ4v) is 5.92. The third kappa shape index (κ3) is 7.03. The Labute approximate surface area is 258 Å². The van der Waals surface area contributed by atoms with Crippen molar-refractivity contribution in [2.75, 3.05) is 44.2 Å². The molecule has 0 atom stereocenters. The van der Waals surface area contributed by atoms with Gasteiger partial charge in [0, 0.05) is 36.9 Å². The van der Waals surface area contributed by atoms with Crippen LogP contribution in [0.3, 0.4) is 0 Å². The number of ether oxygens (including phenoxy) is 2. The maximum Gasteiger partial charge on any atom is 0.294 e. The van der Waals surface area contributed by atoms with Gasteiger partial charge in [0.05, 0.1) is 16.5 Å². The van der Waals surface area contributed by atoms with Crippen molar-refractivity contribution in [3.05, 3.63) is 92.8 Å². The summed E-state index contributed by atoms with van der Waals surface area (Å²) in [6.45, 7) is 4.57. The molecule has 0 aromatic heterocycles. The minimum absolute atomic E-state index is 0.204. The third-order valence-electron chi connectivity index (χ3n) is 6.85. The van der Waals surface area contributed by atoms with Gasteiger partial charge in [0.2, 0.25) is 5.91 Å². The molecule has 0 saturated carbocycles. The number of halogens is 2. The van der Waals surface area contributed by atoms with Gasteiger partial charge in [-0.2, -0.15) is 0 Å². The highest BCUT2D eigenvalue weighted by atomic mass is 35.5. The van der Waals surface area contributed by atoms with E-state index in [1.807, 2.05) is 49.4 Å². The zero-order valence-electron chi connectivity index (χ0n) is 22.9. The molecule has 8 nitrogen and oxygen atoms in total. The molecule has 0 unspecified atom stereocenters. The third-order valence-corrected chi connectivity index (χ3v) is 8.29. The van der Waals surface area contributed by atoms with Crippen molar-refractivity contribution >= 4 is 63.8 Å². The number of rotatable bonds is 9. The summed E-state index contributed by atoms with van der Waals surface area (Å²) in [4.78, 5) is 44.0. The molecular weight excluding hydrogens is 597 g/mol. The fourth-order valence-electron chi connectivity index (χ4n) is 4.69. The Morgan fingerprint density at radius 3 is 2.36 bits per heavy atom. The van der Waals surface area contributed by atoms with Crippen LogP contribution in [0.4, 0.5) is 10.5 Å². The molecule has 0 spiro atoms. The zero-order chi connectivity index (χ0) is 29.6. The zero-order valence-corrected chi connectivity index (χ0v) is 25.3.